The summed E-state index contributed by atoms with van der Waals surface area (Å²) in [4.78, 5) is 30.7. The molecule has 3 aromatic rings. The van der Waals surface area contributed by atoms with Crippen molar-refractivity contribution in [1.82, 2.24) is 9.88 Å². The average Bonchev–Trinajstić information content (AvgIpc) is 3.19. The van der Waals surface area contributed by atoms with Gasteiger partial charge in [-0.3, -0.25) is 4.79 Å². The van der Waals surface area contributed by atoms with Gasteiger partial charge in [-0.25, -0.2) is 4.79 Å². The first kappa shape index (κ1) is 21.1. The topological polar surface area (TPSA) is 80.9 Å². The van der Waals surface area contributed by atoms with E-state index >= 15 is 0 Å². The van der Waals surface area contributed by atoms with Crippen LogP contribution >= 0.6 is 11.6 Å². The summed E-state index contributed by atoms with van der Waals surface area (Å²) in [5.41, 5.74) is 3.51. The van der Waals surface area contributed by atoms with Crippen LogP contribution in [0.2, 0.25) is 0 Å². The zero-order valence-corrected chi connectivity index (χ0v) is 18.2. The van der Waals surface area contributed by atoms with Gasteiger partial charge < -0.3 is 24.1 Å². The maximum Gasteiger partial charge on any atom is 0.328 e. The van der Waals surface area contributed by atoms with Crippen LogP contribution in [0.5, 0.6) is 11.5 Å². The number of halogens is 1. The molecule has 2 heterocycles. The number of carbonyl (C=O) groups is 2. The molecule has 0 fully saturated rings. The van der Waals surface area contributed by atoms with E-state index in [4.69, 9.17) is 25.8 Å². The molecule has 2 atom stereocenters. The van der Waals surface area contributed by atoms with E-state index in [2.05, 4.69) is 4.98 Å². The molecular weight excluding hydrogens is 420 g/mol. The SMILES string of the molecule is COC(=O)[C@@H]1Cc2c([nH]c3ccccc23)[C@H](c2ccc(OC)c(OC)c2)N1C(=O)CCl. The number of benzene rings is 2. The van der Waals surface area contributed by atoms with Crippen LogP contribution in [0, 0.1) is 0 Å². The summed E-state index contributed by atoms with van der Waals surface area (Å²) in [5, 5.41) is 1.01. The normalized spacial score (nSPS) is 17.9. The lowest BCUT2D eigenvalue weighted by atomic mass is 9.87. The summed E-state index contributed by atoms with van der Waals surface area (Å²) >= 11 is 5.97. The highest BCUT2D eigenvalue weighted by atomic mass is 35.5. The number of amides is 1. The summed E-state index contributed by atoms with van der Waals surface area (Å²) in [6, 6.07) is 11.9. The highest BCUT2D eigenvalue weighted by Crippen LogP contribution is 2.43. The molecule has 0 bridgehead atoms. The van der Waals surface area contributed by atoms with Crippen LogP contribution in [-0.2, 0) is 20.7 Å². The second-order valence-corrected chi connectivity index (χ2v) is 7.52. The van der Waals surface area contributed by atoms with Crippen molar-refractivity contribution in [1.29, 1.82) is 0 Å². The van der Waals surface area contributed by atoms with Crippen molar-refractivity contribution < 1.29 is 23.8 Å². The van der Waals surface area contributed by atoms with E-state index in [-0.39, 0.29) is 11.8 Å². The fourth-order valence-electron chi connectivity index (χ4n) is 4.35. The lowest BCUT2D eigenvalue weighted by molar-refractivity contribution is -0.154. The second-order valence-electron chi connectivity index (χ2n) is 7.26. The number of nitrogens with zero attached hydrogens (tertiary/aromatic N) is 1. The Morgan fingerprint density at radius 3 is 2.52 bits per heavy atom. The summed E-state index contributed by atoms with van der Waals surface area (Å²) in [5.74, 6) is -0.0110. The standard InChI is InChI=1S/C23H23ClN2O5/c1-29-18-9-8-13(10-19(18)30-2)22-21-15(14-6-4-5-7-16(14)25-21)11-17(23(28)31-3)26(22)20(27)12-24/h4-10,17,22,25H,11-12H2,1-3H3/t17-,22-/m0/s1. The zero-order chi connectivity index (χ0) is 22.1. The molecule has 8 heteroatoms. The van der Waals surface area contributed by atoms with Crippen molar-refractivity contribution >= 4 is 34.4 Å². The van der Waals surface area contributed by atoms with Crippen LogP contribution in [0.25, 0.3) is 10.9 Å². The van der Waals surface area contributed by atoms with E-state index < -0.39 is 18.1 Å². The van der Waals surface area contributed by atoms with Crippen molar-refractivity contribution in [3.05, 3.63) is 59.3 Å². The summed E-state index contributed by atoms with van der Waals surface area (Å²) in [7, 11) is 4.43. The van der Waals surface area contributed by atoms with Gasteiger partial charge >= 0.3 is 5.97 Å². The van der Waals surface area contributed by atoms with Crippen LogP contribution in [0.1, 0.15) is 22.9 Å². The predicted molar refractivity (Wildman–Crippen MR) is 117 cm³/mol. The van der Waals surface area contributed by atoms with E-state index in [0.29, 0.717) is 17.9 Å². The molecule has 2 aromatic carbocycles. The summed E-state index contributed by atoms with van der Waals surface area (Å²) < 4.78 is 15.9. The molecule has 0 saturated carbocycles. The fourth-order valence-corrected chi connectivity index (χ4v) is 4.49. The number of nitrogens with one attached hydrogen (secondary N) is 1. The van der Waals surface area contributed by atoms with E-state index in [1.807, 2.05) is 36.4 Å². The van der Waals surface area contributed by atoms with Gasteiger partial charge in [0.1, 0.15) is 11.9 Å². The molecule has 4 rings (SSSR count). The third-order valence-electron chi connectivity index (χ3n) is 5.73. The first-order valence-corrected chi connectivity index (χ1v) is 10.3. The molecular formula is C23H23ClN2O5. The van der Waals surface area contributed by atoms with Gasteiger partial charge in [-0.05, 0) is 29.3 Å². The highest BCUT2D eigenvalue weighted by molar-refractivity contribution is 6.27. The Hall–Kier alpha value is -3.19. The number of para-hydroxylation sites is 1. The van der Waals surface area contributed by atoms with Crippen molar-refractivity contribution in [3.63, 3.8) is 0 Å². The molecule has 1 aliphatic rings. The number of aromatic amines is 1. The Labute approximate surface area is 184 Å². The summed E-state index contributed by atoms with van der Waals surface area (Å²) in [6.45, 7) is 0. The number of aromatic nitrogens is 1. The Bertz CT molecular complexity index is 1140. The van der Waals surface area contributed by atoms with E-state index in [1.54, 1.807) is 20.3 Å². The number of methoxy groups -OCH3 is 3. The molecule has 7 nitrogen and oxygen atoms in total. The highest BCUT2D eigenvalue weighted by Gasteiger charge is 2.43. The molecule has 0 spiro atoms. The van der Waals surface area contributed by atoms with Crippen LogP contribution in [0.15, 0.2) is 42.5 Å². The minimum absolute atomic E-state index is 0.257. The van der Waals surface area contributed by atoms with E-state index in [0.717, 1.165) is 27.7 Å². The number of H-pyrrole nitrogens is 1. The minimum atomic E-state index is -0.805. The number of fused-ring (bicyclic) bond motifs is 3. The van der Waals surface area contributed by atoms with Gasteiger partial charge in [-0.15, -0.1) is 11.6 Å². The lowest BCUT2D eigenvalue weighted by Crippen LogP contribution is -2.52. The summed E-state index contributed by atoms with van der Waals surface area (Å²) in [6.07, 6.45) is 0.332. The molecule has 31 heavy (non-hydrogen) atoms. The van der Waals surface area contributed by atoms with Gasteiger partial charge in [0, 0.05) is 23.0 Å². The number of hydrogen-bond acceptors (Lipinski definition) is 5. The minimum Gasteiger partial charge on any atom is -0.493 e. The number of ether oxygens (including phenoxy) is 3. The molecule has 0 radical (unpaired) electrons. The van der Waals surface area contributed by atoms with Crippen molar-refractivity contribution in [3.8, 4) is 11.5 Å². The van der Waals surface area contributed by atoms with Gasteiger partial charge in [-0.1, -0.05) is 24.3 Å². The van der Waals surface area contributed by atoms with E-state index in [9.17, 15) is 9.59 Å². The zero-order valence-electron chi connectivity index (χ0n) is 17.5. The maximum atomic E-state index is 13.0. The molecule has 0 saturated heterocycles. The third-order valence-corrected chi connectivity index (χ3v) is 5.96. The number of alkyl halides is 1. The first-order chi connectivity index (χ1) is 15.0. The van der Waals surface area contributed by atoms with Crippen LogP contribution in [-0.4, -0.2) is 55.0 Å². The Balaban J connectivity index is 1.98. The predicted octanol–water partition coefficient (Wildman–Crippen LogP) is 3.44. The quantitative estimate of drug-likeness (QED) is 0.483. The van der Waals surface area contributed by atoms with E-state index in [1.165, 1.54) is 12.0 Å². The Morgan fingerprint density at radius 2 is 1.84 bits per heavy atom. The monoisotopic (exact) mass is 442 g/mol. The van der Waals surface area contributed by atoms with Gasteiger partial charge in [0.05, 0.1) is 27.4 Å². The molecule has 1 amide bonds. The molecule has 1 N–H and O–H groups in total. The average molecular weight is 443 g/mol. The van der Waals surface area contributed by atoms with Crippen molar-refractivity contribution in [2.24, 2.45) is 0 Å². The first-order valence-electron chi connectivity index (χ1n) is 9.80. The van der Waals surface area contributed by atoms with Gasteiger partial charge in [0.2, 0.25) is 5.91 Å². The number of esters is 1. The number of hydrogen-bond donors (Lipinski definition) is 1. The van der Waals surface area contributed by atoms with Gasteiger partial charge in [0.25, 0.3) is 0 Å². The second kappa shape index (κ2) is 8.51. The molecule has 1 aliphatic heterocycles. The number of rotatable bonds is 5. The maximum absolute atomic E-state index is 13.0. The lowest BCUT2D eigenvalue weighted by Gasteiger charge is -2.40. The van der Waals surface area contributed by atoms with Crippen LogP contribution in [0.4, 0.5) is 0 Å². The number of carbonyl (C=O) groups excluding carboxylic acids is 2. The van der Waals surface area contributed by atoms with Gasteiger partial charge in [0.15, 0.2) is 11.5 Å². The fraction of sp³-hybridized carbons (Fsp3) is 0.304. The Morgan fingerprint density at radius 1 is 1.10 bits per heavy atom. The van der Waals surface area contributed by atoms with Crippen molar-refractivity contribution in [2.75, 3.05) is 27.2 Å². The largest absolute Gasteiger partial charge is 0.493 e. The molecule has 1 aromatic heterocycles. The van der Waals surface area contributed by atoms with Crippen LogP contribution < -0.4 is 9.47 Å². The smallest absolute Gasteiger partial charge is 0.328 e. The molecule has 0 unspecified atom stereocenters. The molecule has 0 aliphatic carbocycles. The van der Waals surface area contributed by atoms with Crippen LogP contribution in [0.3, 0.4) is 0 Å². The van der Waals surface area contributed by atoms with Gasteiger partial charge in [-0.2, -0.15) is 0 Å². The van der Waals surface area contributed by atoms with Crippen molar-refractivity contribution in [2.45, 2.75) is 18.5 Å². The third kappa shape index (κ3) is 3.49. The Kier molecular flexibility index (Phi) is 5.78. The molecule has 162 valence electrons.